The molecule has 25 heavy (non-hydrogen) atoms. The van der Waals surface area contributed by atoms with Crippen molar-refractivity contribution in [2.75, 3.05) is 26.4 Å². The Morgan fingerprint density at radius 1 is 1.00 bits per heavy atom. The van der Waals surface area contributed by atoms with Crippen LogP contribution in [0.1, 0.15) is 19.4 Å². The van der Waals surface area contributed by atoms with E-state index in [1.807, 2.05) is 31.2 Å². The van der Waals surface area contributed by atoms with Crippen LogP contribution in [0.25, 0.3) is 0 Å². The number of ether oxygens (including phenoxy) is 3. The van der Waals surface area contributed by atoms with Crippen LogP contribution in [0.3, 0.4) is 0 Å². The molecule has 2 aromatic carbocycles. The summed E-state index contributed by atoms with van der Waals surface area (Å²) in [7, 11) is 0. The first-order valence-corrected chi connectivity index (χ1v) is 9.02. The van der Waals surface area contributed by atoms with Crippen molar-refractivity contribution in [2.24, 2.45) is 0 Å². The Morgan fingerprint density at radius 2 is 1.68 bits per heavy atom. The summed E-state index contributed by atoms with van der Waals surface area (Å²) in [5.74, 6) is 1.56. The molecule has 1 fully saturated rings. The lowest BCUT2D eigenvalue weighted by Crippen LogP contribution is -2.51. The standard InChI is InChI=1S/C21H27NO3/c1-3-23-19-11-7-8-12-20(19)25-16-21-17(2)22(13-14-24-21)15-18-9-5-4-6-10-18/h4-12,17,21H,3,13-16H2,1-2H3. The summed E-state index contributed by atoms with van der Waals surface area (Å²) in [6.45, 7) is 7.96. The topological polar surface area (TPSA) is 30.9 Å². The van der Waals surface area contributed by atoms with Gasteiger partial charge in [-0.25, -0.2) is 0 Å². The van der Waals surface area contributed by atoms with E-state index in [4.69, 9.17) is 14.2 Å². The molecule has 0 aromatic heterocycles. The number of hydrogen-bond acceptors (Lipinski definition) is 4. The van der Waals surface area contributed by atoms with Gasteiger partial charge in [0.25, 0.3) is 0 Å². The Morgan fingerprint density at radius 3 is 2.40 bits per heavy atom. The Hall–Kier alpha value is -2.04. The van der Waals surface area contributed by atoms with Crippen molar-refractivity contribution in [1.82, 2.24) is 4.90 Å². The van der Waals surface area contributed by atoms with Gasteiger partial charge in [-0.05, 0) is 31.5 Å². The van der Waals surface area contributed by atoms with Gasteiger partial charge in [-0.1, -0.05) is 42.5 Å². The van der Waals surface area contributed by atoms with Crippen molar-refractivity contribution in [3.63, 3.8) is 0 Å². The minimum atomic E-state index is 0.0483. The molecule has 3 rings (SSSR count). The predicted octanol–water partition coefficient (Wildman–Crippen LogP) is 3.75. The molecule has 0 aliphatic carbocycles. The molecule has 134 valence electrons. The fraction of sp³-hybridized carbons (Fsp3) is 0.429. The Bertz CT molecular complexity index is 647. The van der Waals surface area contributed by atoms with Crippen LogP contribution in [0.5, 0.6) is 11.5 Å². The first-order chi connectivity index (χ1) is 12.3. The van der Waals surface area contributed by atoms with Crippen molar-refractivity contribution in [3.8, 4) is 11.5 Å². The van der Waals surface area contributed by atoms with Gasteiger partial charge in [0.15, 0.2) is 11.5 Å². The Balaban J connectivity index is 1.59. The molecule has 0 amide bonds. The van der Waals surface area contributed by atoms with Crippen LogP contribution in [0.15, 0.2) is 54.6 Å². The minimum Gasteiger partial charge on any atom is -0.490 e. The first kappa shape index (κ1) is 17.8. The lowest BCUT2D eigenvalue weighted by Gasteiger charge is -2.39. The SMILES string of the molecule is CCOc1ccccc1OCC1OCCN(Cc2ccccc2)C1C. The van der Waals surface area contributed by atoms with Gasteiger partial charge < -0.3 is 14.2 Å². The molecule has 0 spiro atoms. The molecule has 2 aromatic rings. The second-order valence-corrected chi connectivity index (χ2v) is 6.30. The normalized spacial score (nSPS) is 21.0. The van der Waals surface area contributed by atoms with E-state index in [0.717, 1.165) is 31.2 Å². The Kier molecular flexibility index (Phi) is 6.31. The zero-order valence-corrected chi connectivity index (χ0v) is 15.1. The van der Waals surface area contributed by atoms with Gasteiger partial charge in [0.1, 0.15) is 12.7 Å². The lowest BCUT2D eigenvalue weighted by molar-refractivity contribution is -0.0844. The van der Waals surface area contributed by atoms with Gasteiger partial charge >= 0.3 is 0 Å². The molecule has 1 aliphatic heterocycles. The minimum absolute atomic E-state index is 0.0483. The highest BCUT2D eigenvalue weighted by molar-refractivity contribution is 5.39. The number of nitrogens with zero attached hydrogens (tertiary/aromatic N) is 1. The van der Waals surface area contributed by atoms with Crippen LogP contribution in [0, 0.1) is 0 Å². The molecule has 0 radical (unpaired) electrons. The average molecular weight is 341 g/mol. The third kappa shape index (κ3) is 4.74. The largest absolute Gasteiger partial charge is 0.490 e. The highest BCUT2D eigenvalue weighted by Gasteiger charge is 2.29. The summed E-state index contributed by atoms with van der Waals surface area (Å²) in [5, 5.41) is 0. The van der Waals surface area contributed by atoms with E-state index in [1.165, 1.54) is 5.56 Å². The lowest BCUT2D eigenvalue weighted by atomic mass is 10.1. The van der Waals surface area contributed by atoms with E-state index < -0.39 is 0 Å². The van der Waals surface area contributed by atoms with Gasteiger partial charge in [-0.2, -0.15) is 0 Å². The maximum absolute atomic E-state index is 6.02. The summed E-state index contributed by atoms with van der Waals surface area (Å²) >= 11 is 0. The molecule has 4 heteroatoms. The van der Waals surface area contributed by atoms with E-state index >= 15 is 0 Å². The number of hydrogen-bond donors (Lipinski definition) is 0. The van der Waals surface area contributed by atoms with Crippen LogP contribution in [0.2, 0.25) is 0 Å². The van der Waals surface area contributed by atoms with Gasteiger partial charge in [-0.3, -0.25) is 4.90 Å². The van der Waals surface area contributed by atoms with Crippen molar-refractivity contribution in [3.05, 3.63) is 60.2 Å². The third-order valence-electron chi connectivity index (χ3n) is 4.61. The molecule has 1 aliphatic rings. The smallest absolute Gasteiger partial charge is 0.161 e. The molecule has 2 unspecified atom stereocenters. The summed E-state index contributed by atoms with van der Waals surface area (Å²) in [6.07, 6.45) is 0.0483. The quantitative estimate of drug-likeness (QED) is 0.767. The number of rotatable bonds is 7. The van der Waals surface area contributed by atoms with Crippen molar-refractivity contribution in [1.29, 1.82) is 0 Å². The molecular weight excluding hydrogens is 314 g/mol. The highest BCUT2D eigenvalue weighted by Crippen LogP contribution is 2.27. The number of benzene rings is 2. The zero-order chi connectivity index (χ0) is 17.5. The first-order valence-electron chi connectivity index (χ1n) is 9.02. The van der Waals surface area contributed by atoms with Crippen LogP contribution in [-0.2, 0) is 11.3 Å². The van der Waals surface area contributed by atoms with Crippen molar-refractivity contribution < 1.29 is 14.2 Å². The van der Waals surface area contributed by atoms with Gasteiger partial charge in [-0.15, -0.1) is 0 Å². The van der Waals surface area contributed by atoms with Gasteiger partial charge in [0.05, 0.1) is 13.2 Å². The van der Waals surface area contributed by atoms with Crippen molar-refractivity contribution >= 4 is 0 Å². The van der Waals surface area contributed by atoms with Gasteiger partial charge in [0, 0.05) is 19.1 Å². The maximum Gasteiger partial charge on any atom is 0.161 e. The van der Waals surface area contributed by atoms with E-state index in [0.29, 0.717) is 19.3 Å². The van der Waals surface area contributed by atoms with Crippen LogP contribution >= 0.6 is 0 Å². The molecule has 0 N–H and O–H groups in total. The second kappa shape index (κ2) is 8.88. The summed E-state index contributed by atoms with van der Waals surface area (Å²) < 4.78 is 17.6. The van der Waals surface area contributed by atoms with E-state index in [9.17, 15) is 0 Å². The second-order valence-electron chi connectivity index (χ2n) is 6.30. The molecule has 1 saturated heterocycles. The number of para-hydroxylation sites is 2. The average Bonchev–Trinajstić information content (AvgIpc) is 2.65. The summed E-state index contributed by atoms with van der Waals surface area (Å²) in [6, 6.07) is 18.7. The zero-order valence-electron chi connectivity index (χ0n) is 15.1. The summed E-state index contributed by atoms with van der Waals surface area (Å²) in [5.41, 5.74) is 1.33. The van der Waals surface area contributed by atoms with Crippen LogP contribution in [0.4, 0.5) is 0 Å². The monoisotopic (exact) mass is 341 g/mol. The van der Waals surface area contributed by atoms with E-state index in [1.54, 1.807) is 0 Å². The molecule has 2 atom stereocenters. The van der Waals surface area contributed by atoms with Crippen LogP contribution < -0.4 is 9.47 Å². The third-order valence-corrected chi connectivity index (χ3v) is 4.61. The highest BCUT2D eigenvalue weighted by atomic mass is 16.5. The van der Waals surface area contributed by atoms with E-state index in [2.05, 4.69) is 42.2 Å². The molecule has 4 nitrogen and oxygen atoms in total. The van der Waals surface area contributed by atoms with Crippen molar-refractivity contribution in [2.45, 2.75) is 32.5 Å². The molecular formula is C21H27NO3. The maximum atomic E-state index is 6.02. The van der Waals surface area contributed by atoms with E-state index in [-0.39, 0.29) is 6.10 Å². The summed E-state index contributed by atoms with van der Waals surface area (Å²) in [4.78, 5) is 2.46. The number of morpholine rings is 1. The molecule has 0 bridgehead atoms. The fourth-order valence-corrected chi connectivity index (χ4v) is 3.14. The van der Waals surface area contributed by atoms with Crippen LogP contribution in [-0.4, -0.2) is 43.4 Å². The molecule has 0 saturated carbocycles. The predicted molar refractivity (Wildman–Crippen MR) is 99.2 cm³/mol. The molecule has 1 heterocycles. The fourth-order valence-electron chi connectivity index (χ4n) is 3.14. The van der Waals surface area contributed by atoms with Gasteiger partial charge in [0.2, 0.25) is 0 Å². The Labute approximate surface area is 150 Å².